The summed E-state index contributed by atoms with van der Waals surface area (Å²) in [5.74, 6) is 0.673. The minimum absolute atomic E-state index is 0.122. The molecule has 32 heavy (non-hydrogen) atoms. The lowest BCUT2D eigenvalue weighted by Crippen LogP contribution is -2.52. The molecule has 1 aromatic rings. The fourth-order valence-electron chi connectivity index (χ4n) is 5.26. The first-order chi connectivity index (χ1) is 15.6. The van der Waals surface area contributed by atoms with Crippen molar-refractivity contribution in [2.75, 3.05) is 59.5 Å². The van der Waals surface area contributed by atoms with E-state index in [2.05, 4.69) is 27.1 Å². The second-order valence-electron chi connectivity index (χ2n) is 9.74. The van der Waals surface area contributed by atoms with E-state index in [0.29, 0.717) is 18.2 Å². The van der Waals surface area contributed by atoms with E-state index in [1.165, 1.54) is 25.9 Å². The molecule has 0 unspecified atom stereocenters. The van der Waals surface area contributed by atoms with E-state index in [0.717, 1.165) is 64.2 Å². The molecule has 3 aliphatic rings. The van der Waals surface area contributed by atoms with Crippen LogP contribution in [-0.2, 0) is 0 Å². The summed E-state index contributed by atoms with van der Waals surface area (Å²) in [4.78, 5) is 20.2. The van der Waals surface area contributed by atoms with Gasteiger partial charge in [-0.15, -0.1) is 0 Å². The zero-order valence-corrected chi connectivity index (χ0v) is 19.5. The number of aliphatic hydroxyl groups is 1. The summed E-state index contributed by atoms with van der Waals surface area (Å²) in [7, 11) is 2.18. The number of ether oxygens (including phenoxy) is 1. The number of piperidine rings is 1. The molecule has 0 bridgehead atoms. The van der Waals surface area contributed by atoms with Gasteiger partial charge in [0.2, 0.25) is 0 Å². The van der Waals surface area contributed by atoms with Crippen LogP contribution >= 0.6 is 0 Å². The van der Waals surface area contributed by atoms with Crippen molar-refractivity contribution in [3.05, 3.63) is 29.8 Å². The van der Waals surface area contributed by atoms with E-state index in [1.54, 1.807) is 0 Å². The SMILES string of the molecule is CN1CCC(N2CCC[C@@H](O)[C@H](NC(=O)c3ccc(OCCN4CCCC4)cc3)C2)CC1. The van der Waals surface area contributed by atoms with E-state index in [4.69, 9.17) is 4.74 Å². The molecule has 0 spiro atoms. The number of carbonyl (C=O) groups excluding carboxylic acids is 1. The molecular weight excluding hydrogens is 404 g/mol. The largest absolute Gasteiger partial charge is 0.492 e. The molecule has 7 heteroatoms. The quantitative estimate of drug-likeness (QED) is 0.669. The predicted molar refractivity (Wildman–Crippen MR) is 126 cm³/mol. The van der Waals surface area contributed by atoms with Gasteiger partial charge in [-0.05, 0) is 103 Å². The number of hydrogen-bond donors (Lipinski definition) is 2. The van der Waals surface area contributed by atoms with Gasteiger partial charge in [-0.3, -0.25) is 14.6 Å². The lowest BCUT2D eigenvalue weighted by atomic mass is 10.0. The number of carbonyl (C=O) groups is 1. The Morgan fingerprint density at radius 1 is 1.03 bits per heavy atom. The summed E-state index contributed by atoms with van der Waals surface area (Å²) in [6.07, 6.45) is 6.11. The highest BCUT2D eigenvalue weighted by atomic mass is 16.5. The molecule has 0 aromatic heterocycles. The van der Waals surface area contributed by atoms with Crippen LogP contribution < -0.4 is 10.1 Å². The third-order valence-corrected chi connectivity index (χ3v) is 7.35. The Bertz CT molecular complexity index is 714. The molecule has 1 aromatic carbocycles. The van der Waals surface area contributed by atoms with Crippen LogP contribution in [0, 0.1) is 0 Å². The molecule has 1 amide bonds. The molecule has 0 radical (unpaired) electrons. The van der Waals surface area contributed by atoms with E-state index >= 15 is 0 Å². The molecule has 3 heterocycles. The molecule has 2 atom stereocenters. The maximum absolute atomic E-state index is 12.9. The van der Waals surface area contributed by atoms with Gasteiger partial charge in [0.05, 0.1) is 12.1 Å². The summed E-state index contributed by atoms with van der Waals surface area (Å²) < 4.78 is 5.85. The Kier molecular flexibility index (Phi) is 8.41. The van der Waals surface area contributed by atoms with Crippen molar-refractivity contribution in [2.24, 2.45) is 0 Å². The van der Waals surface area contributed by atoms with E-state index in [9.17, 15) is 9.90 Å². The maximum Gasteiger partial charge on any atom is 0.251 e. The van der Waals surface area contributed by atoms with Gasteiger partial charge in [-0.1, -0.05) is 0 Å². The summed E-state index contributed by atoms with van der Waals surface area (Å²) in [6, 6.07) is 7.69. The summed E-state index contributed by atoms with van der Waals surface area (Å²) in [5.41, 5.74) is 0.610. The molecule has 2 N–H and O–H groups in total. The first kappa shape index (κ1) is 23.5. The second kappa shape index (κ2) is 11.5. The molecule has 178 valence electrons. The van der Waals surface area contributed by atoms with Crippen molar-refractivity contribution in [3.8, 4) is 5.75 Å². The van der Waals surface area contributed by atoms with Crippen LogP contribution in [0.1, 0.15) is 48.9 Å². The van der Waals surface area contributed by atoms with Crippen molar-refractivity contribution in [2.45, 2.75) is 56.7 Å². The highest BCUT2D eigenvalue weighted by Gasteiger charge is 2.31. The van der Waals surface area contributed by atoms with E-state index < -0.39 is 6.10 Å². The Labute approximate surface area is 192 Å². The average Bonchev–Trinajstić information content (AvgIpc) is 3.25. The van der Waals surface area contributed by atoms with Gasteiger partial charge in [-0.25, -0.2) is 0 Å². The molecular formula is C25H40N4O3. The van der Waals surface area contributed by atoms with Gasteiger partial charge in [0.25, 0.3) is 5.91 Å². The lowest BCUT2D eigenvalue weighted by Gasteiger charge is -2.38. The fourth-order valence-corrected chi connectivity index (χ4v) is 5.26. The zero-order valence-electron chi connectivity index (χ0n) is 19.5. The number of rotatable bonds is 7. The first-order valence-electron chi connectivity index (χ1n) is 12.5. The van der Waals surface area contributed by atoms with Gasteiger partial charge in [-0.2, -0.15) is 0 Å². The van der Waals surface area contributed by atoms with Crippen molar-refractivity contribution in [1.29, 1.82) is 0 Å². The third kappa shape index (κ3) is 6.44. The third-order valence-electron chi connectivity index (χ3n) is 7.35. The lowest BCUT2D eigenvalue weighted by molar-refractivity contribution is 0.0723. The van der Waals surface area contributed by atoms with Gasteiger partial charge in [0.1, 0.15) is 12.4 Å². The summed E-state index contributed by atoms with van der Waals surface area (Å²) in [5, 5.41) is 13.8. The predicted octanol–water partition coefficient (Wildman–Crippen LogP) is 1.81. The second-order valence-corrected chi connectivity index (χ2v) is 9.74. The van der Waals surface area contributed by atoms with Crippen molar-refractivity contribution in [1.82, 2.24) is 20.0 Å². The number of benzene rings is 1. The van der Waals surface area contributed by atoms with Crippen LogP contribution in [0.15, 0.2) is 24.3 Å². The molecule has 3 fully saturated rings. The van der Waals surface area contributed by atoms with E-state index in [-0.39, 0.29) is 11.9 Å². The van der Waals surface area contributed by atoms with Crippen molar-refractivity contribution in [3.63, 3.8) is 0 Å². The minimum atomic E-state index is -0.497. The van der Waals surface area contributed by atoms with Crippen LogP contribution in [-0.4, -0.2) is 103 Å². The number of hydrogen-bond acceptors (Lipinski definition) is 6. The highest BCUT2D eigenvalue weighted by Crippen LogP contribution is 2.21. The van der Waals surface area contributed by atoms with Crippen molar-refractivity contribution >= 4 is 5.91 Å². The monoisotopic (exact) mass is 444 g/mol. The van der Waals surface area contributed by atoms with Gasteiger partial charge in [0.15, 0.2) is 0 Å². The number of amides is 1. The maximum atomic E-state index is 12.9. The van der Waals surface area contributed by atoms with Crippen LogP contribution in [0.4, 0.5) is 0 Å². The Morgan fingerprint density at radius 2 is 1.75 bits per heavy atom. The number of nitrogens with zero attached hydrogens (tertiary/aromatic N) is 3. The van der Waals surface area contributed by atoms with Crippen LogP contribution in [0.25, 0.3) is 0 Å². The smallest absolute Gasteiger partial charge is 0.251 e. The standard InChI is InChI=1S/C25H40N4O3/c1-27-15-10-21(11-16-27)29-14-4-5-24(30)23(19-29)26-25(31)20-6-8-22(9-7-20)32-18-17-28-12-2-3-13-28/h6-9,21,23-24,30H,2-5,10-19H2,1H3,(H,26,31)/t23-,24-/m1/s1. The van der Waals surface area contributed by atoms with Gasteiger partial charge in [0, 0.05) is 24.7 Å². The number of nitrogens with one attached hydrogen (secondary N) is 1. The fraction of sp³-hybridized carbons (Fsp3) is 0.720. The van der Waals surface area contributed by atoms with Crippen molar-refractivity contribution < 1.29 is 14.6 Å². The molecule has 4 rings (SSSR count). The van der Waals surface area contributed by atoms with Crippen LogP contribution in [0.3, 0.4) is 0 Å². The molecule has 7 nitrogen and oxygen atoms in total. The first-order valence-corrected chi connectivity index (χ1v) is 12.5. The molecule has 3 saturated heterocycles. The van der Waals surface area contributed by atoms with E-state index in [1.807, 2.05) is 24.3 Å². The highest BCUT2D eigenvalue weighted by molar-refractivity contribution is 5.94. The average molecular weight is 445 g/mol. The molecule has 3 aliphatic heterocycles. The summed E-state index contributed by atoms with van der Waals surface area (Å²) in [6.45, 7) is 7.93. The van der Waals surface area contributed by atoms with Crippen LogP contribution in [0.2, 0.25) is 0 Å². The number of aliphatic hydroxyl groups excluding tert-OH is 1. The Hall–Kier alpha value is -1.67. The van der Waals surface area contributed by atoms with Crippen LogP contribution in [0.5, 0.6) is 5.75 Å². The molecule has 0 saturated carbocycles. The van der Waals surface area contributed by atoms with Gasteiger partial charge >= 0.3 is 0 Å². The van der Waals surface area contributed by atoms with Gasteiger partial charge < -0.3 is 20.1 Å². The summed E-state index contributed by atoms with van der Waals surface area (Å²) >= 11 is 0. The Morgan fingerprint density at radius 3 is 2.47 bits per heavy atom. The minimum Gasteiger partial charge on any atom is -0.492 e. The zero-order chi connectivity index (χ0) is 22.3. The normalized spacial score (nSPS) is 26.7. The Balaban J connectivity index is 1.28. The topological polar surface area (TPSA) is 68.3 Å². The molecule has 0 aliphatic carbocycles. The number of likely N-dealkylation sites (tertiary alicyclic amines) is 3.